The van der Waals surface area contributed by atoms with Crippen molar-refractivity contribution in [1.82, 2.24) is 14.8 Å². The van der Waals surface area contributed by atoms with E-state index in [-0.39, 0.29) is 18.3 Å². The van der Waals surface area contributed by atoms with Crippen LogP contribution in [0.4, 0.5) is 5.69 Å². The molecule has 0 atom stereocenters. The van der Waals surface area contributed by atoms with Gasteiger partial charge in [0.05, 0.1) is 5.75 Å². The van der Waals surface area contributed by atoms with Crippen molar-refractivity contribution in [3.8, 4) is 11.4 Å². The van der Waals surface area contributed by atoms with Gasteiger partial charge in [-0.1, -0.05) is 53.7 Å². The van der Waals surface area contributed by atoms with Crippen LogP contribution in [0.25, 0.3) is 5.69 Å². The zero-order chi connectivity index (χ0) is 23.2. The Morgan fingerprint density at radius 1 is 0.909 bits per heavy atom. The summed E-state index contributed by atoms with van der Waals surface area (Å²) >= 11 is 1.35. The summed E-state index contributed by atoms with van der Waals surface area (Å²) in [6.45, 7) is 6.34. The molecule has 3 aromatic carbocycles. The Morgan fingerprint density at radius 3 is 2.30 bits per heavy atom. The van der Waals surface area contributed by atoms with Gasteiger partial charge in [-0.2, -0.15) is 0 Å². The normalized spacial score (nSPS) is 10.8. The van der Waals surface area contributed by atoms with Crippen LogP contribution < -0.4 is 10.1 Å². The smallest absolute Gasteiger partial charge is 0.234 e. The summed E-state index contributed by atoms with van der Waals surface area (Å²) in [5.41, 5.74) is 5.11. The first-order valence-electron chi connectivity index (χ1n) is 10.7. The van der Waals surface area contributed by atoms with E-state index in [2.05, 4.69) is 21.6 Å². The Balaban J connectivity index is 1.51. The molecule has 1 amide bonds. The maximum Gasteiger partial charge on any atom is 0.234 e. The second-order valence-corrected chi connectivity index (χ2v) is 8.83. The summed E-state index contributed by atoms with van der Waals surface area (Å²) in [5, 5.41) is 12.3. The van der Waals surface area contributed by atoms with Crippen molar-refractivity contribution in [3.63, 3.8) is 0 Å². The number of anilines is 1. The van der Waals surface area contributed by atoms with Crippen LogP contribution in [0.3, 0.4) is 0 Å². The van der Waals surface area contributed by atoms with E-state index in [0.29, 0.717) is 11.0 Å². The molecule has 1 heterocycles. The molecule has 0 aliphatic heterocycles. The van der Waals surface area contributed by atoms with Gasteiger partial charge in [-0.25, -0.2) is 0 Å². The van der Waals surface area contributed by atoms with E-state index < -0.39 is 0 Å². The number of rotatable bonds is 8. The molecule has 33 heavy (non-hydrogen) atoms. The monoisotopic (exact) mass is 458 g/mol. The number of carbonyl (C=O) groups is 1. The maximum atomic E-state index is 12.6. The fraction of sp³-hybridized carbons (Fsp3) is 0.192. The van der Waals surface area contributed by atoms with Gasteiger partial charge in [0, 0.05) is 11.4 Å². The zero-order valence-electron chi connectivity index (χ0n) is 18.9. The molecule has 1 N–H and O–H groups in total. The molecule has 7 heteroatoms. The second kappa shape index (κ2) is 10.4. The Bertz CT molecular complexity index is 1220. The van der Waals surface area contributed by atoms with E-state index in [0.717, 1.165) is 33.8 Å². The number of para-hydroxylation sites is 1. The predicted octanol–water partition coefficient (Wildman–Crippen LogP) is 5.50. The largest absolute Gasteiger partial charge is 0.486 e. The average Bonchev–Trinajstić information content (AvgIpc) is 3.19. The third-order valence-electron chi connectivity index (χ3n) is 4.94. The fourth-order valence-corrected chi connectivity index (χ4v) is 4.25. The number of ether oxygens (including phenoxy) is 1. The topological polar surface area (TPSA) is 69.0 Å². The molecule has 0 radical (unpaired) electrons. The molecule has 0 spiro atoms. The number of hydrogen-bond acceptors (Lipinski definition) is 5. The number of aromatic nitrogens is 3. The van der Waals surface area contributed by atoms with Gasteiger partial charge in [-0.15, -0.1) is 10.2 Å². The van der Waals surface area contributed by atoms with Crippen molar-refractivity contribution >= 4 is 23.4 Å². The molecule has 168 valence electrons. The number of carbonyl (C=O) groups excluding carboxylic acids is 1. The SMILES string of the molecule is Cc1ccc(-n2c(COc3ccccc3)nnc2SCC(=O)Nc2cc(C)cc(C)c2)cc1. The molecule has 0 aliphatic carbocycles. The van der Waals surface area contributed by atoms with E-state index in [4.69, 9.17) is 4.74 Å². The lowest BCUT2D eigenvalue weighted by molar-refractivity contribution is -0.113. The van der Waals surface area contributed by atoms with Crippen molar-refractivity contribution in [3.05, 3.63) is 95.3 Å². The maximum absolute atomic E-state index is 12.6. The van der Waals surface area contributed by atoms with Crippen molar-refractivity contribution in [2.45, 2.75) is 32.5 Å². The van der Waals surface area contributed by atoms with Crippen LogP contribution in [0.5, 0.6) is 5.75 Å². The second-order valence-electron chi connectivity index (χ2n) is 7.88. The van der Waals surface area contributed by atoms with Crippen LogP contribution in [-0.2, 0) is 11.4 Å². The third-order valence-corrected chi connectivity index (χ3v) is 5.87. The molecule has 0 aliphatic rings. The lowest BCUT2D eigenvalue weighted by Crippen LogP contribution is -2.15. The minimum Gasteiger partial charge on any atom is -0.486 e. The van der Waals surface area contributed by atoms with Crippen molar-refractivity contribution < 1.29 is 9.53 Å². The molecule has 0 bridgehead atoms. The van der Waals surface area contributed by atoms with E-state index in [1.54, 1.807) is 0 Å². The minimum atomic E-state index is -0.0921. The molecule has 4 aromatic rings. The van der Waals surface area contributed by atoms with Crippen molar-refractivity contribution in [2.24, 2.45) is 0 Å². The Kier molecular flexibility index (Phi) is 7.10. The van der Waals surface area contributed by atoms with E-state index in [1.807, 2.05) is 92.1 Å². The molecular formula is C26H26N4O2S. The number of aryl methyl sites for hydroxylation is 3. The van der Waals surface area contributed by atoms with Crippen molar-refractivity contribution in [1.29, 1.82) is 0 Å². The van der Waals surface area contributed by atoms with Gasteiger partial charge in [-0.05, 0) is 68.3 Å². The predicted molar refractivity (Wildman–Crippen MR) is 132 cm³/mol. The van der Waals surface area contributed by atoms with Crippen LogP contribution in [0.2, 0.25) is 0 Å². The van der Waals surface area contributed by atoms with E-state index in [9.17, 15) is 4.79 Å². The average molecular weight is 459 g/mol. The summed E-state index contributed by atoms with van der Waals surface area (Å²) < 4.78 is 7.85. The lowest BCUT2D eigenvalue weighted by atomic mass is 10.1. The number of nitrogens with one attached hydrogen (secondary N) is 1. The van der Waals surface area contributed by atoms with Crippen LogP contribution in [0.15, 0.2) is 78.0 Å². The third kappa shape index (κ3) is 6.02. The molecule has 4 rings (SSSR count). The van der Waals surface area contributed by atoms with Crippen LogP contribution in [0.1, 0.15) is 22.5 Å². The van der Waals surface area contributed by atoms with E-state index in [1.165, 1.54) is 11.8 Å². The van der Waals surface area contributed by atoms with Gasteiger partial charge in [0.2, 0.25) is 5.91 Å². The number of nitrogens with zero attached hydrogens (tertiary/aromatic N) is 3. The Hall–Kier alpha value is -3.58. The van der Waals surface area contributed by atoms with Gasteiger partial charge in [0.1, 0.15) is 12.4 Å². The van der Waals surface area contributed by atoms with Gasteiger partial charge in [-0.3, -0.25) is 9.36 Å². The number of hydrogen-bond donors (Lipinski definition) is 1. The fourth-order valence-electron chi connectivity index (χ4n) is 3.48. The first kappa shape index (κ1) is 22.6. The molecule has 1 aromatic heterocycles. The number of benzene rings is 3. The highest BCUT2D eigenvalue weighted by Crippen LogP contribution is 2.24. The highest BCUT2D eigenvalue weighted by atomic mass is 32.2. The summed E-state index contributed by atoms with van der Waals surface area (Å²) in [4.78, 5) is 12.6. The Labute approximate surface area is 198 Å². The van der Waals surface area contributed by atoms with Crippen LogP contribution >= 0.6 is 11.8 Å². The van der Waals surface area contributed by atoms with Gasteiger partial charge >= 0.3 is 0 Å². The standard InChI is InChI=1S/C26H26N4O2S/c1-18-9-11-22(12-10-18)30-24(16-32-23-7-5-4-6-8-23)28-29-26(30)33-17-25(31)27-21-14-19(2)13-20(3)15-21/h4-15H,16-17H2,1-3H3,(H,27,31). The summed E-state index contributed by atoms with van der Waals surface area (Å²) in [6, 6.07) is 23.7. The first-order chi connectivity index (χ1) is 16.0. The number of thioether (sulfide) groups is 1. The van der Waals surface area contributed by atoms with Crippen molar-refractivity contribution in [2.75, 3.05) is 11.1 Å². The molecule has 6 nitrogen and oxygen atoms in total. The van der Waals surface area contributed by atoms with Gasteiger partial charge < -0.3 is 10.1 Å². The highest BCUT2D eigenvalue weighted by Gasteiger charge is 2.17. The number of amides is 1. The van der Waals surface area contributed by atoms with E-state index >= 15 is 0 Å². The zero-order valence-corrected chi connectivity index (χ0v) is 19.7. The molecule has 0 saturated carbocycles. The first-order valence-corrected chi connectivity index (χ1v) is 11.7. The summed E-state index contributed by atoms with van der Waals surface area (Å²) in [7, 11) is 0. The summed E-state index contributed by atoms with van der Waals surface area (Å²) in [6.07, 6.45) is 0. The Morgan fingerprint density at radius 2 is 1.61 bits per heavy atom. The quantitative estimate of drug-likeness (QED) is 0.353. The molecule has 0 saturated heterocycles. The molecular weight excluding hydrogens is 432 g/mol. The van der Waals surface area contributed by atoms with Crippen LogP contribution in [0, 0.1) is 20.8 Å². The van der Waals surface area contributed by atoms with Gasteiger partial charge in [0.25, 0.3) is 0 Å². The highest BCUT2D eigenvalue weighted by molar-refractivity contribution is 7.99. The minimum absolute atomic E-state index is 0.0921. The van der Waals surface area contributed by atoms with Gasteiger partial charge in [0.15, 0.2) is 11.0 Å². The van der Waals surface area contributed by atoms with Crippen LogP contribution in [-0.4, -0.2) is 26.4 Å². The lowest BCUT2D eigenvalue weighted by Gasteiger charge is -2.12. The molecule has 0 unspecified atom stereocenters. The summed E-state index contributed by atoms with van der Waals surface area (Å²) in [5.74, 6) is 1.56. The molecule has 0 fully saturated rings.